The molecule has 22 heavy (non-hydrogen) atoms. The van der Waals surface area contributed by atoms with Crippen molar-refractivity contribution in [2.45, 2.75) is 0 Å². The van der Waals surface area contributed by atoms with E-state index >= 15 is 0 Å². The largest absolute Gasteiger partial charge is 0.497 e. The number of amides is 1. The Morgan fingerprint density at radius 3 is 2.36 bits per heavy atom. The van der Waals surface area contributed by atoms with Gasteiger partial charge >= 0.3 is 0 Å². The van der Waals surface area contributed by atoms with Crippen LogP contribution in [0.3, 0.4) is 0 Å². The zero-order valence-corrected chi connectivity index (χ0v) is 12.4. The second-order valence-corrected chi connectivity index (χ2v) is 4.82. The maximum atomic E-state index is 12.5. The predicted molar refractivity (Wildman–Crippen MR) is 85.3 cm³/mol. The molecular weight excluding hydrogens is 278 g/mol. The van der Waals surface area contributed by atoms with Crippen molar-refractivity contribution < 1.29 is 9.53 Å². The molecule has 0 spiro atoms. The van der Waals surface area contributed by atoms with Crippen LogP contribution in [0.2, 0.25) is 0 Å². The summed E-state index contributed by atoms with van der Waals surface area (Å²) in [5, 5.41) is 0. The molecule has 5 nitrogen and oxygen atoms in total. The first kappa shape index (κ1) is 14.0. The van der Waals surface area contributed by atoms with Crippen molar-refractivity contribution in [2.75, 3.05) is 19.1 Å². The molecule has 3 rings (SSSR count). The van der Waals surface area contributed by atoms with Crippen LogP contribution in [0.25, 0.3) is 11.0 Å². The Morgan fingerprint density at radius 1 is 1.00 bits per heavy atom. The molecule has 110 valence electrons. The number of carbonyl (C=O) groups excluding carboxylic acids is 1. The number of benzene rings is 2. The molecule has 0 saturated carbocycles. The Hall–Kier alpha value is -2.95. The summed E-state index contributed by atoms with van der Waals surface area (Å²) in [5.74, 6) is 0.631. The van der Waals surface area contributed by atoms with Crippen molar-refractivity contribution in [1.29, 1.82) is 0 Å². The highest BCUT2D eigenvalue weighted by Gasteiger charge is 2.14. The summed E-state index contributed by atoms with van der Waals surface area (Å²) in [4.78, 5) is 22.6. The topological polar surface area (TPSA) is 55.3 Å². The molecule has 0 unspecified atom stereocenters. The van der Waals surface area contributed by atoms with Crippen LogP contribution in [-0.2, 0) is 0 Å². The lowest BCUT2D eigenvalue weighted by molar-refractivity contribution is 0.0993. The number of aromatic nitrogens is 2. The molecule has 0 radical (unpaired) electrons. The Labute approximate surface area is 128 Å². The summed E-state index contributed by atoms with van der Waals surface area (Å²) in [6, 6.07) is 12.6. The van der Waals surface area contributed by atoms with Gasteiger partial charge in [0.25, 0.3) is 5.91 Å². The first-order valence-electron chi connectivity index (χ1n) is 6.82. The molecule has 1 aromatic heterocycles. The summed E-state index contributed by atoms with van der Waals surface area (Å²) in [6.07, 6.45) is 3.28. The molecule has 5 heteroatoms. The molecule has 0 aliphatic heterocycles. The smallest absolute Gasteiger partial charge is 0.258 e. The van der Waals surface area contributed by atoms with Crippen LogP contribution in [0.1, 0.15) is 10.4 Å². The molecule has 0 saturated heterocycles. The minimum absolute atomic E-state index is 0.0918. The average molecular weight is 293 g/mol. The van der Waals surface area contributed by atoms with Gasteiger partial charge in [0.1, 0.15) is 5.75 Å². The van der Waals surface area contributed by atoms with Gasteiger partial charge in [-0.3, -0.25) is 14.8 Å². The fraction of sp³-hybridized carbons (Fsp3) is 0.118. The monoisotopic (exact) mass is 293 g/mol. The van der Waals surface area contributed by atoms with E-state index in [0.29, 0.717) is 5.56 Å². The van der Waals surface area contributed by atoms with E-state index in [1.54, 1.807) is 55.7 Å². The first-order valence-corrected chi connectivity index (χ1v) is 6.82. The van der Waals surface area contributed by atoms with Crippen LogP contribution in [0, 0.1) is 0 Å². The highest BCUT2D eigenvalue weighted by molar-refractivity contribution is 6.06. The molecule has 0 aliphatic carbocycles. The Bertz CT molecular complexity index is 816. The van der Waals surface area contributed by atoms with Crippen molar-refractivity contribution in [3.8, 4) is 5.75 Å². The number of hydrogen-bond acceptors (Lipinski definition) is 4. The minimum Gasteiger partial charge on any atom is -0.497 e. The minimum atomic E-state index is -0.0918. The number of ether oxygens (including phenoxy) is 1. The lowest BCUT2D eigenvalue weighted by Gasteiger charge is -2.17. The van der Waals surface area contributed by atoms with Gasteiger partial charge in [0.2, 0.25) is 0 Å². The molecule has 1 amide bonds. The van der Waals surface area contributed by atoms with E-state index in [9.17, 15) is 4.79 Å². The normalized spacial score (nSPS) is 10.5. The summed E-state index contributed by atoms with van der Waals surface area (Å²) in [6.45, 7) is 0. The second kappa shape index (κ2) is 5.81. The molecule has 0 bridgehead atoms. The number of nitrogens with zero attached hydrogens (tertiary/aromatic N) is 3. The zero-order chi connectivity index (χ0) is 15.5. The lowest BCUT2D eigenvalue weighted by atomic mass is 10.1. The van der Waals surface area contributed by atoms with E-state index in [-0.39, 0.29) is 5.91 Å². The fourth-order valence-corrected chi connectivity index (χ4v) is 2.20. The lowest BCUT2D eigenvalue weighted by Crippen LogP contribution is -2.26. The highest BCUT2D eigenvalue weighted by atomic mass is 16.5. The maximum Gasteiger partial charge on any atom is 0.258 e. The number of fused-ring (bicyclic) bond motifs is 1. The van der Waals surface area contributed by atoms with Crippen molar-refractivity contribution in [3.05, 3.63) is 60.4 Å². The molecule has 0 aliphatic rings. The van der Waals surface area contributed by atoms with E-state index in [1.165, 1.54) is 0 Å². The molecule has 1 heterocycles. The molecule has 0 atom stereocenters. The zero-order valence-electron chi connectivity index (χ0n) is 12.4. The number of methoxy groups -OCH3 is 1. The summed E-state index contributed by atoms with van der Waals surface area (Å²) in [7, 11) is 3.34. The number of hydrogen-bond donors (Lipinski definition) is 0. The van der Waals surface area contributed by atoms with Gasteiger partial charge in [-0.15, -0.1) is 0 Å². The Balaban J connectivity index is 1.90. The van der Waals surface area contributed by atoms with Crippen LogP contribution in [0.4, 0.5) is 5.69 Å². The van der Waals surface area contributed by atoms with E-state index < -0.39 is 0 Å². The van der Waals surface area contributed by atoms with Crippen molar-refractivity contribution in [2.24, 2.45) is 0 Å². The molecule has 0 N–H and O–H groups in total. The van der Waals surface area contributed by atoms with Crippen molar-refractivity contribution in [1.82, 2.24) is 9.97 Å². The van der Waals surface area contributed by atoms with E-state index in [2.05, 4.69) is 9.97 Å². The first-order chi connectivity index (χ1) is 10.7. The van der Waals surface area contributed by atoms with Gasteiger partial charge in [-0.05, 0) is 42.5 Å². The summed E-state index contributed by atoms with van der Waals surface area (Å²) >= 11 is 0. The second-order valence-electron chi connectivity index (χ2n) is 4.82. The fourth-order valence-electron chi connectivity index (χ4n) is 2.20. The van der Waals surface area contributed by atoms with Crippen molar-refractivity contribution >= 4 is 22.6 Å². The van der Waals surface area contributed by atoms with Gasteiger partial charge in [0.15, 0.2) is 0 Å². The van der Waals surface area contributed by atoms with E-state index in [1.807, 2.05) is 18.2 Å². The summed E-state index contributed by atoms with van der Waals surface area (Å²) < 4.78 is 5.10. The van der Waals surface area contributed by atoms with Crippen LogP contribution in [0.15, 0.2) is 54.9 Å². The van der Waals surface area contributed by atoms with Gasteiger partial charge in [0, 0.05) is 30.7 Å². The van der Waals surface area contributed by atoms with Crippen LogP contribution in [-0.4, -0.2) is 30.0 Å². The highest BCUT2D eigenvalue weighted by Crippen LogP contribution is 2.21. The van der Waals surface area contributed by atoms with Crippen LogP contribution < -0.4 is 9.64 Å². The molecule has 0 fully saturated rings. The van der Waals surface area contributed by atoms with E-state index in [4.69, 9.17) is 4.74 Å². The van der Waals surface area contributed by atoms with Crippen LogP contribution >= 0.6 is 0 Å². The van der Waals surface area contributed by atoms with Crippen LogP contribution in [0.5, 0.6) is 5.75 Å². The standard InChI is InChI=1S/C17H15N3O2/c1-20(17(21)12-3-6-14(22-2)7-4-12)13-5-8-15-16(11-13)19-10-9-18-15/h3-11H,1-2H3. The van der Waals surface area contributed by atoms with Gasteiger partial charge in [-0.25, -0.2) is 0 Å². The third-order valence-corrected chi connectivity index (χ3v) is 3.48. The summed E-state index contributed by atoms with van der Waals surface area (Å²) in [5.41, 5.74) is 2.93. The molecule has 2 aromatic carbocycles. The van der Waals surface area contributed by atoms with Gasteiger partial charge in [0.05, 0.1) is 18.1 Å². The predicted octanol–water partition coefficient (Wildman–Crippen LogP) is 2.92. The van der Waals surface area contributed by atoms with Crippen molar-refractivity contribution in [3.63, 3.8) is 0 Å². The average Bonchev–Trinajstić information content (AvgIpc) is 2.60. The number of anilines is 1. The Morgan fingerprint density at radius 2 is 1.68 bits per heavy atom. The van der Waals surface area contributed by atoms with E-state index in [0.717, 1.165) is 22.5 Å². The third-order valence-electron chi connectivity index (χ3n) is 3.48. The Kier molecular flexibility index (Phi) is 3.70. The maximum absolute atomic E-state index is 12.5. The molecular formula is C17H15N3O2. The molecule has 3 aromatic rings. The number of carbonyl (C=O) groups is 1. The van der Waals surface area contributed by atoms with Gasteiger partial charge < -0.3 is 9.64 Å². The quantitative estimate of drug-likeness (QED) is 0.745. The number of rotatable bonds is 3. The van der Waals surface area contributed by atoms with Gasteiger partial charge in [-0.2, -0.15) is 0 Å². The van der Waals surface area contributed by atoms with Gasteiger partial charge in [-0.1, -0.05) is 0 Å². The third kappa shape index (κ3) is 2.61. The SMILES string of the molecule is COc1ccc(C(=O)N(C)c2ccc3nccnc3c2)cc1.